The Bertz CT molecular complexity index is 768. The molecule has 1 atom stereocenters. The third-order valence-electron chi connectivity index (χ3n) is 5.03. The van der Waals surface area contributed by atoms with Gasteiger partial charge in [0.15, 0.2) is 11.5 Å². The molecule has 2 fully saturated rings. The highest BCUT2D eigenvalue weighted by molar-refractivity contribution is 5.83. The van der Waals surface area contributed by atoms with Crippen molar-refractivity contribution in [3.8, 4) is 0 Å². The van der Waals surface area contributed by atoms with E-state index in [1.807, 2.05) is 4.90 Å². The summed E-state index contributed by atoms with van der Waals surface area (Å²) in [6.07, 6.45) is -0.224. The number of nitrogens with one attached hydrogen (secondary N) is 1. The van der Waals surface area contributed by atoms with E-state index in [1.165, 1.54) is 6.33 Å². The molecule has 25 heavy (non-hydrogen) atoms. The Morgan fingerprint density at radius 2 is 2.04 bits per heavy atom. The lowest BCUT2D eigenvalue weighted by atomic mass is 9.82. The molecule has 0 aromatic carbocycles. The lowest BCUT2D eigenvalue weighted by Crippen LogP contribution is -2.52. The number of nitrogens with zero attached hydrogens (tertiary/aromatic N) is 4. The summed E-state index contributed by atoms with van der Waals surface area (Å²) in [6, 6.07) is 0.121. The van der Waals surface area contributed by atoms with E-state index in [-0.39, 0.29) is 23.1 Å². The second-order valence-corrected chi connectivity index (χ2v) is 6.74. The predicted molar refractivity (Wildman–Crippen MR) is 84.0 cm³/mol. The number of nitrogens with two attached hydrogens (primary N) is 1. The Hall–Kier alpha value is -1.94. The maximum Gasteiger partial charge on any atom is 0.451 e. The van der Waals surface area contributed by atoms with Crippen molar-refractivity contribution >= 4 is 17.0 Å². The number of imidazole rings is 1. The molecular weight excluding hydrogens is 337 g/mol. The summed E-state index contributed by atoms with van der Waals surface area (Å²) in [6.45, 7) is 1.74. The van der Waals surface area contributed by atoms with Gasteiger partial charge in [0.05, 0.1) is 11.9 Å². The third kappa shape index (κ3) is 3.04. The van der Waals surface area contributed by atoms with E-state index in [1.54, 1.807) is 0 Å². The van der Waals surface area contributed by atoms with Gasteiger partial charge in [0.2, 0.25) is 5.82 Å². The minimum atomic E-state index is -4.61. The van der Waals surface area contributed by atoms with Crippen molar-refractivity contribution in [2.45, 2.75) is 43.5 Å². The van der Waals surface area contributed by atoms with Crippen molar-refractivity contribution in [3.05, 3.63) is 12.2 Å². The molecule has 2 aromatic heterocycles. The molecule has 136 valence electrons. The first kappa shape index (κ1) is 16.5. The fourth-order valence-corrected chi connectivity index (χ4v) is 3.71. The Labute approximate surface area is 141 Å². The predicted octanol–water partition coefficient (Wildman–Crippen LogP) is 1.85. The van der Waals surface area contributed by atoms with Crippen LogP contribution in [0.2, 0.25) is 0 Å². The summed E-state index contributed by atoms with van der Waals surface area (Å²) in [5, 5.41) is 0. The van der Waals surface area contributed by atoms with Crippen LogP contribution in [0.25, 0.3) is 11.2 Å². The SMILES string of the molecule is NC1CCOC2(CCN(c3nc(C(F)(F)F)nc4nc[nH]c34)CC2)C1. The largest absolute Gasteiger partial charge is 0.451 e. The van der Waals surface area contributed by atoms with E-state index in [0.717, 1.165) is 12.8 Å². The molecule has 0 saturated carbocycles. The van der Waals surface area contributed by atoms with Gasteiger partial charge in [0.1, 0.15) is 5.52 Å². The molecule has 2 aliphatic rings. The number of halogens is 3. The zero-order chi connectivity index (χ0) is 17.7. The zero-order valence-corrected chi connectivity index (χ0v) is 13.5. The molecule has 2 aromatic rings. The molecule has 3 N–H and O–H groups in total. The molecule has 7 nitrogen and oxygen atoms in total. The Balaban J connectivity index is 1.61. The van der Waals surface area contributed by atoms with Crippen LogP contribution in [0, 0.1) is 0 Å². The highest BCUT2D eigenvalue weighted by Crippen LogP contribution is 2.37. The normalized spacial score (nSPS) is 24.2. The van der Waals surface area contributed by atoms with Crippen molar-refractivity contribution < 1.29 is 17.9 Å². The second kappa shape index (κ2) is 5.80. The molecule has 4 rings (SSSR count). The van der Waals surface area contributed by atoms with E-state index < -0.39 is 12.0 Å². The molecule has 1 spiro atoms. The number of anilines is 1. The van der Waals surface area contributed by atoms with Gasteiger partial charge in [-0.3, -0.25) is 0 Å². The summed E-state index contributed by atoms with van der Waals surface area (Å²) in [5.41, 5.74) is 6.24. The smallest absolute Gasteiger partial charge is 0.375 e. The Morgan fingerprint density at radius 1 is 1.28 bits per heavy atom. The zero-order valence-electron chi connectivity index (χ0n) is 13.5. The summed E-state index contributed by atoms with van der Waals surface area (Å²) in [4.78, 5) is 15.8. The molecule has 0 amide bonds. The number of hydrogen-bond acceptors (Lipinski definition) is 6. The monoisotopic (exact) mass is 356 g/mol. The van der Waals surface area contributed by atoms with Crippen molar-refractivity contribution in [1.29, 1.82) is 0 Å². The van der Waals surface area contributed by atoms with Crippen LogP contribution < -0.4 is 10.6 Å². The molecule has 1 unspecified atom stereocenters. The summed E-state index contributed by atoms with van der Waals surface area (Å²) in [5.74, 6) is -0.928. The first-order valence-electron chi connectivity index (χ1n) is 8.29. The first-order chi connectivity index (χ1) is 11.9. The molecule has 2 saturated heterocycles. The van der Waals surface area contributed by atoms with Gasteiger partial charge in [0, 0.05) is 25.7 Å². The van der Waals surface area contributed by atoms with Crippen LogP contribution in [-0.2, 0) is 10.9 Å². The number of alkyl halides is 3. The van der Waals surface area contributed by atoms with Crippen molar-refractivity contribution in [2.75, 3.05) is 24.6 Å². The van der Waals surface area contributed by atoms with E-state index in [0.29, 0.717) is 38.1 Å². The van der Waals surface area contributed by atoms with E-state index >= 15 is 0 Å². The number of aromatic nitrogens is 4. The summed E-state index contributed by atoms with van der Waals surface area (Å²) < 4.78 is 45.2. The number of ether oxygens (including phenoxy) is 1. The van der Waals surface area contributed by atoms with Crippen LogP contribution in [0.15, 0.2) is 6.33 Å². The molecule has 10 heteroatoms. The van der Waals surface area contributed by atoms with Gasteiger partial charge < -0.3 is 20.4 Å². The van der Waals surface area contributed by atoms with Gasteiger partial charge in [-0.25, -0.2) is 15.0 Å². The van der Waals surface area contributed by atoms with Crippen LogP contribution in [0.3, 0.4) is 0 Å². The third-order valence-corrected chi connectivity index (χ3v) is 5.03. The number of H-pyrrole nitrogens is 1. The van der Waals surface area contributed by atoms with E-state index in [9.17, 15) is 13.2 Å². The van der Waals surface area contributed by atoms with Crippen LogP contribution in [0.1, 0.15) is 31.5 Å². The van der Waals surface area contributed by atoms with Crippen molar-refractivity contribution in [2.24, 2.45) is 5.73 Å². The minimum absolute atomic E-state index is 0.0218. The van der Waals surface area contributed by atoms with Gasteiger partial charge >= 0.3 is 6.18 Å². The maximum absolute atomic E-state index is 13.1. The number of fused-ring (bicyclic) bond motifs is 1. The lowest BCUT2D eigenvalue weighted by molar-refractivity contribution is -0.144. The standard InChI is InChI=1S/C15H19F3N6O/c16-15(17,18)13-22-11-10(20-8-21-11)12(23-13)24-4-2-14(3-5-24)7-9(19)1-6-25-14/h8-9H,1-7,19H2,(H,20,21,22,23). The Morgan fingerprint density at radius 3 is 2.72 bits per heavy atom. The molecule has 2 aliphatic heterocycles. The molecule has 0 radical (unpaired) electrons. The topological polar surface area (TPSA) is 93.0 Å². The van der Waals surface area contributed by atoms with E-state index in [4.69, 9.17) is 10.5 Å². The molecular formula is C15H19F3N6O. The second-order valence-electron chi connectivity index (χ2n) is 6.74. The highest BCUT2D eigenvalue weighted by atomic mass is 19.4. The number of hydrogen-bond donors (Lipinski definition) is 2. The van der Waals surface area contributed by atoms with Crippen molar-refractivity contribution in [3.63, 3.8) is 0 Å². The first-order valence-corrected chi connectivity index (χ1v) is 8.29. The van der Waals surface area contributed by atoms with Crippen LogP contribution in [0.5, 0.6) is 0 Å². The average Bonchev–Trinajstić information content (AvgIpc) is 3.02. The Kier molecular flexibility index (Phi) is 3.84. The van der Waals surface area contributed by atoms with Gasteiger partial charge in [-0.2, -0.15) is 13.2 Å². The quantitative estimate of drug-likeness (QED) is 0.810. The maximum atomic E-state index is 13.1. The molecule has 0 aliphatic carbocycles. The average molecular weight is 356 g/mol. The van der Waals surface area contributed by atoms with Crippen LogP contribution in [-0.4, -0.2) is 51.3 Å². The van der Waals surface area contributed by atoms with Crippen LogP contribution >= 0.6 is 0 Å². The van der Waals surface area contributed by atoms with Crippen LogP contribution in [0.4, 0.5) is 19.0 Å². The number of rotatable bonds is 1. The fraction of sp³-hybridized carbons (Fsp3) is 0.667. The van der Waals surface area contributed by atoms with Gasteiger partial charge in [-0.05, 0) is 25.7 Å². The minimum Gasteiger partial charge on any atom is -0.375 e. The number of piperidine rings is 1. The highest BCUT2D eigenvalue weighted by Gasteiger charge is 2.41. The molecule has 0 bridgehead atoms. The van der Waals surface area contributed by atoms with E-state index in [2.05, 4.69) is 19.9 Å². The lowest BCUT2D eigenvalue weighted by Gasteiger charge is -2.45. The van der Waals surface area contributed by atoms with Gasteiger partial charge in [-0.15, -0.1) is 0 Å². The van der Waals surface area contributed by atoms with Gasteiger partial charge in [0.25, 0.3) is 0 Å². The fourth-order valence-electron chi connectivity index (χ4n) is 3.71. The molecule has 4 heterocycles. The van der Waals surface area contributed by atoms with Crippen molar-refractivity contribution in [1.82, 2.24) is 19.9 Å². The summed E-state index contributed by atoms with van der Waals surface area (Å²) in [7, 11) is 0. The van der Waals surface area contributed by atoms with Gasteiger partial charge in [-0.1, -0.05) is 0 Å². The number of aromatic amines is 1. The summed E-state index contributed by atoms with van der Waals surface area (Å²) >= 11 is 0.